The number of nitrogens with zero attached hydrogens (tertiary/aromatic N) is 1. The largest absolute Gasteiger partial charge is 0.458 e. The lowest BCUT2D eigenvalue weighted by atomic mass is 9.98. The number of hydrogen-bond donors (Lipinski definition) is 0. The first kappa shape index (κ1) is 14.2. The summed E-state index contributed by atoms with van der Waals surface area (Å²) in [6.45, 7) is 3.76. The number of thiophene rings is 1. The molecule has 0 spiro atoms. The van der Waals surface area contributed by atoms with Gasteiger partial charge in [-0.2, -0.15) is 5.26 Å². The zero-order valence-corrected chi connectivity index (χ0v) is 12.0. The topological polar surface area (TPSA) is 71.1 Å². The predicted molar refractivity (Wildman–Crippen MR) is 74.9 cm³/mol. The molecule has 0 fully saturated rings. The highest BCUT2D eigenvalue weighted by Crippen LogP contribution is 2.22. The van der Waals surface area contributed by atoms with Gasteiger partial charge < -0.3 is 4.42 Å². The molecule has 1 unspecified atom stereocenters. The minimum absolute atomic E-state index is 0.0648. The molecule has 0 radical (unpaired) electrons. The fourth-order valence-corrected chi connectivity index (χ4v) is 2.63. The van der Waals surface area contributed by atoms with Crippen LogP contribution in [0.4, 0.5) is 0 Å². The van der Waals surface area contributed by atoms with Gasteiger partial charge in [0.05, 0.1) is 10.9 Å². The standard InChI is InChI=1S/C15H13NO3S/c1-3-10-5-6-12(19-10)14(17)11(8-16)15(18)13-7-4-9(2)20-13/h4-7,11H,3H2,1-2H3. The number of nitriles is 1. The average Bonchev–Trinajstić information content (AvgIpc) is 3.07. The number of ketones is 2. The van der Waals surface area contributed by atoms with Gasteiger partial charge in [0, 0.05) is 11.3 Å². The van der Waals surface area contributed by atoms with E-state index in [-0.39, 0.29) is 5.76 Å². The van der Waals surface area contributed by atoms with Crippen molar-refractivity contribution < 1.29 is 14.0 Å². The summed E-state index contributed by atoms with van der Waals surface area (Å²) in [5, 5.41) is 9.13. The number of carbonyl (C=O) groups excluding carboxylic acids is 2. The van der Waals surface area contributed by atoms with E-state index < -0.39 is 17.5 Å². The summed E-state index contributed by atoms with van der Waals surface area (Å²) in [6, 6.07) is 8.41. The summed E-state index contributed by atoms with van der Waals surface area (Å²) in [7, 11) is 0. The van der Waals surface area contributed by atoms with E-state index in [1.54, 1.807) is 24.3 Å². The summed E-state index contributed by atoms with van der Waals surface area (Å²) in [5.41, 5.74) is 0. The maximum Gasteiger partial charge on any atom is 0.223 e. The molecule has 0 bridgehead atoms. The molecule has 0 aliphatic carbocycles. The average molecular weight is 287 g/mol. The van der Waals surface area contributed by atoms with Crippen molar-refractivity contribution in [1.82, 2.24) is 0 Å². The third-order valence-electron chi connectivity index (χ3n) is 2.89. The molecule has 0 aliphatic heterocycles. The van der Waals surface area contributed by atoms with E-state index in [4.69, 9.17) is 9.68 Å². The second-order valence-corrected chi connectivity index (χ2v) is 5.61. The Hall–Kier alpha value is -2.19. The molecule has 0 aromatic carbocycles. The van der Waals surface area contributed by atoms with Gasteiger partial charge in [0.15, 0.2) is 17.5 Å². The van der Waals surface area contributed by atoms with Gasteiger partial charge in [-0.1, -0.05) is 6.92 Å². The van der Waals surface area contributed by atoms with Gasteiger partial charge in [0.25, 0.3) is 0 Å². The van der Waals surface area contributed by atoms with Crippen molar-refractivity contribution in [2.75, 3.05) is 0 Å². The molecule has 2 aromatic heterocycles. The number of hydrogen-bond acceptors (Lipinski definition) is 5. The summed E-state index contributed by atoms with van der Waals surface area (Å²) in [4.78, 5) is 25.8. The first-order valence-corrected chi connectivity index (χ1v) is 7.01. The molecule has 5 heteroatoms. The molecule has 4 nitrogen and oxygen atoms in total. The monoisotopic (exact) mass is 287 g/mol. The molecule has 0 aliphatic rings. The molecule has 102 valence electrons. The number of furan rings is 1. The molecule has 2 aromatic rings. The number of Topliss-reactive ketones (excluding diaryl/α,β-unsaturated/α-hetero) is 2. The lowest BCUT2D eigenvalue weighted by molar-refractivity contribution is 0.0830. The van der Waals surface area contributed by atoms with Crippen LogP contribution in [0.25, 0.3) is 0 Å². The Labute approximate surface area is 120 Å². The van der Waals surface area contributed by atoms with Crippen LogP contribution >= 0.6 is 11.3 Å². The molecule has 0 saturated heterocycles. The first-order valence-electron chi connectivity index (χ1n) is 6.20. The Morgan fingerprint density at radius 3 is 2.55 bits per heavy atom. The van der Waals surface area contributed by atoms with Gasteiger partial charge in [-0.05, 0) is 31.2 Å². The zero-order valence-electron chi connectivity index (χ0n) is 11.2. The molecular weight excluding hydrogens is 274 g/mol. The van der Waals surface area contributed by atoms with Crippen LogP contribution in [0.15, 0.2) is 28.7 Å². The molecule has 1 atom stereocenters. The molecule has 20 heavy (non-hydrogen) atoms. The highest BCUT2D eigenvalue weighted by molar-refractivity contribution is 7.14. The maximum atomic E-state index is 12.2. The van der Waals surface area contributed by atoms with Crippen molar-refractivity contribution in [3.8, 4) is 6.07 Å². The van der Waals surface area contributed by atoms with Gasteiger partial charge in [0.1, 0.15) is 5.76 Å². The maximum absolute atomic E-state index is 12.2. The lowest BCUT2D eigenvalue weighted by Gasteiger charge is -2.03. The SMILES string of the molecule is CCc1ccc(C(=O)C(C#N)C(=O)c2ccc(C)s2)o1. The highest BCUT2D eigenvalue weighted by atomic mass is 32.1. The van der Waals surface area contributed by atoms with E-state index in [9.17, 15) is 9.59 Å². The van der Waals surface area contributed by atoms with Crippen LogP contribution in [-0.2, 0) is 6.42 Å². The minimum Gasteiger partial charge on any atom is -0.458 e. The fourth-order valence-electron chi connectivity index (χ4n) is 1.79. The van der Waals surface area contributed by atoms with Crippen molar-refractivity contribution in [2.24, 2.45) is 5.92 Å². The van der Waals surface area contributed by atoms with Gasteiger partial charge in [0.2, 0.25) is 5.78 Å². The highest BCUT2D eigenvalue weighted by Gasteiger charge is 2.31. The lowest BCUT2D eigenvalue weighted by Crippen LogP contribution is -2.22. The van der Waals surface area contributed by atoms with Gasteiger partial charge in [-0.15, -0.1) is 11.3 Å². The Balaban J connectivity index is 2.26. The molecule has 0 amide bonds. The van der Waals surface area contributed by atoms with E-state index in [2.05, 4.69) is 0 Å². The molecule has 0 saturated carbocycles. The van der Waals surface area contributed by atoms with E-state index in [1.807, 2.05) is 13.8 Å². The van der Waals surface area contributed by atoms with E-state index in [0.29, 0.717) is 17.1 Å². The normalized spacial score (nSPS) is 11.8. The molecule has 0 N–H and O–H groups in total. The van der Waals surface area contributed by atoms with Crippen molar-refractivity contribution in [3.63, 3.8) is 0 Å². The van der Waals surface area contributed by atoms with Crippen LogP contribution in [0.1, 0.15) is 37.8 Å². The molecular formula is C15H13NO3S. The van der Waals surface area contributed by atoms with Crippen molar-refractivity contribution in [1.29, 1.82) is 5.26 Å². The third-order valence-corrected chi connectivity index (χ3v) is 3.90. The quantitative estimate of drug-likeness (QED) is 0.624. The van der Waals surface area contributed by atoms with Crippen molar-refractivity contribution in [3.05, 3.63) is 45.5 Å². The summed E-state index contributed by atoms with van der Waals surface area (Å²) >= 11 is 1.28. The molecule has 2 heterocycles. The van der Waals surface area contributed by atoms with Gasteiger partial charge in [-0.25, -0.2) is 0 Å². The zero-order chi connectivity index (χ0) is 14.7. The molecule has 2 rings (SSSR count). The number of carbonyl (C=O) groups is 2. The van der Waals surface area contributed by atoms with Crippen LogP contribution in [0.5, 0.6) is 0 Å². The van der Waals surface area contributed by atoms with Crippen LogP contribution in [0, 0.1) is 24.2 Å². The van der Waals surface area contributed by atoms with E-state index in [0.717, 1.165) is 4.88 Å². The first-order chi connectivity index (χ1) is 9.56. The second kappa shape index (κ2) is 5.85. The summed E-state index contributed by atoms with van der Waals surface area (Å²) < 4.78 is 5.32. The summed E-state index contributed by atoms with van der Waals surface area (Å²) in [6.07, 6.45) is 0.655. The predicted octanol–water partition coefficient (Wildman–Crippen LogP) is 3.42. The Morgan fingerprint density at radius 2 is 2.05 bits per heavy atom. The van der Waals surface area contributed by atoms with Gasteiger partial charge >= 0.3 is 0 Å². The van der Waals surface area contributed by atoms with Crippen molar-refractivity contribution in [2.45, 2.75) is 20.3 Å². The second-order valence-electron chi connectivity index (χ2n) is 4.32. The number of aryl methyl sites for hydroxylation is 2. The third kappa shape index (κ3) is 2.70. The fraction of sp³-hybridized carbons (Fsp3) is 0.267. The summed E-state index contributed by atoms with van der Waals surface area (Å²) in [5.74, 6) is -1.67. The Kier molecular flexibility index (Phi) is 4.16. The smallest absolute Gasteiger partial charge is 0.223 e. The van der Waals surface area contributed by atoms with Gasteiger partial charge in [-0.3, -0.25) is 9.59 Å². The van der Waals surface area contributed by atoms with E-state index >= 15 is 0 Å². The van der Waals surface area contributed by atoms with Crippen LogP contribution in [0.2, 0.25) is 0 Å². The van der Waals surface area contributed by atoms with Crippen LogP contribution in [0.3, 0.4) is 0 Å². The Bertz CT molecular complexity index is 690. The van der Waals surface area contributed by atoms with Crippen LogP contribution < -0.4 is 0 Å². The Morgan fingerprint density at radius 1 is 1.30 bits per heavy atom. The van der Waals surface area contributed by atoms with Crippen molar-refractivity contribution >= 4 is 22.9 Å². The van der Waals surface area contributed by atoms with E-state index in [1.165, 1.54) is 17.4 Å². The number of rotatable bonds is 5. The minimum atomic E-state index is -1.34. The van der Waals surface area contributed by atoms with Crippen LogP contribution in [-0.4, -0.2) is 11.6 Å².